The van der Waals surface area contributed by atoms with Gasteiger partial charge in [0.15, 0.2) is 17.4 Å². The van der Waals surface area contributed by atoms with Crippen LogP contribution in [0.5, 0.6) is 5.75 Å². The summed E-state index contributed by atoms with van der Waals surface area (Å²) >= 11 is 5.44. The zero-order chi connectivity index (χ0) is 12.3. The van der Waals surface area contributed by atoms with Gasteiger partial charge >= 0.3 is 0 Å². The molecule has 0 aromatic heterocycles. The summed E-state index contributed by atoms with van der Waals surface area (Å²) in [5.41, 5.74) is 0. The van der Waals surface area contributed by atoms with Gasteiger partial charge in [-0.15, -0.1) is 11.6 Å². The third kappa shape index (κ3) is 2.78. The molecule has 6 heteroatoms. The molecule has 0 amide bonds. The lowest BCUT2D eigenvalue weighted by molar-refractivity contribution is 0.239. The minimum absolute atomic E-state index is 0.125. The zero-order valence-corrected chi connectivity index (χ0v) is 9.12. The Kier molecular flexibility index (Phi) is 4.41. The molecule has 1 unspecified atom stereocenters. The molecule has 1 rings (SSSR count). The zero-order valence-electron chi connectivity index (χ0n) is 8.37. The van der Waals surface area contributed by atoms with E-state index in [-0.39, 0.29) is 24.5 Å². The number of hydrogen-bond acceptors (Lipinski definition) is 1. The Morgan fingerprint density at radius 2 is 1.69 bits per heavy atom. The Hall–Kier alpha value is -0.970. The molecule has 0 aliphatic carbocycles. The fourth-order valence-corrected chi connectivity index (χ4v) is 1.04. The molecule has 1 aromatic carbocycles. The van der Waals surface area contributed by atoms with Gasteiger partial charge < -0.3 is 4.74 Å². The number of rotatable bonds is 4. The van der Waals surface area contributed by atoms with Crippen molar-refractivity contribution in [3.05, 3.63) is 29.3 Å². The van der Waals surface area contributed by atoms with Gasteiger partial charge in [-0.3, -0.25) is 0 Å². The molecule has 0 radical (unpaired) electrons. The summed E-state index contributed by atoms with van der Waals surface area (Å²) in [5, 5.41) is 0. The monoisotopic (exact) mass is 256 g/mol. The molecule has 0 aliphatic rings. The molecule has 0 saturated carbocycles. The molecular formula is C10H9ClF4O. The number of alkyl halides is 1. The largest absolute Gasteiger partial charge is 0.487 e. The highest BCUT2D eigenvalue weighted by Gasteiger charge is 2.20. The third-order valence-electron chi connectivity index (χ3n) is 1.85. The van der Waals surface area contributed by atoms with Crippen LogP contribution in [0.15, 0.2) is 6.07 Å². The first-order valence-corrected chi connectivity index (χ1v) is 5.02. The van der Waals surface area contributed by atoms with Crippen molar-refractivity contribution in [2.45, 2.75) is 6.92 Å². The minimum atomic E-state index is -1.54. The van der Waals surface area contributed by atoms with Crippen molar-refractivity contribution in [2.75, 3.05) is 12.5 Å². The standard InChI is InChI=1S/C10H9ClF4O/c1-5(3-11)4-16-10-8(14)6(12)2-7(13)9(10)15/h2,5H,3-4H2,1H3. The van der Waals surface area contributed by atoms with E-state index < -0.39 is 29.0 Å². The van der Waals surface area contributed by atoms with Crippen molar-refractivity contribution in [1.82, 2.24) is 0 Å². The average molecular weight is 257 g/mol. The summed E-state index contributed by atoms with van der Waals surface area (Å²) in [7, 11) is 0. The molecule has 90 valence electrons. The molecule has 16 heavy (non-hydrogen) atoms. The first kappa shape index (κ1) is 13.1. The van der Waals surface area contributed by atoms with Gasteiger partial charge in [0.05, 0.1) is 6.61 Å². The Labute approximate surface area is 95.0 Å². The van der Waals surface area contributed by atoms with Crippen LogP contribution in [0.4, 0.5) is 17.6 Å². The van der Waals surface area contributed by atoms with Gasteiger partial charge in [-0.25, -0.2) is 8.78 Å². The molecule has 1 atom stereocenters. The number of hydrogen-bond donors (Lipinski definition) is 0. The highest BCUT2D eigenvalue weighted by molar-refractivity contribution is 6.18. The molecule has 0 spiro atoms. The van der Waals surface area contributed by atoms with Gasteiger partial charge in [-0.05, 0) is 0 Å². The second kappa shape index (κ2) is 5.39. The molecular weight excluding hydrogens is 248 g/mol. The molecule has 1 nitrogen and oxygen atoms in total. The van der Waals surface area contributed by atoms with Crippen LogP contribution in [0, 0.1) is 29.2 Å². The van der Waals surface area contributed by atoms with E-state index >= 15 is 0 Å². The summed E-state index contributed by atoms with van der Waals surface area (Å²) in [5.74, 6) is -7.09. The maximum atomic E-state index is 13.1. The lowest BCUT2D eigenvalue weighted by Crippen LogP contribution is -2.12. The van der Waals surface area contributed by atoms with Crippen LogP contribution in [0.1, 0.15) is 6.92 Å². The van der Waals surface area contributed by atoms with Crippen molar-refractivity contribution in [1.29, 1.82) is 0 Å². The summed E-state index contributed by atoms with van der Waals surface area (Å²) in [6, 6.07) is 0.127. The lowest BCUT2D eigenvalue weighted by atomic mass is 10.2. The van der Waals surface area contributed by atoms with Crippen molar-refractivity contribution in [3.8, 4) is 5.75 Å². The van der Waals surface area contributed by atoms with E-state index in [2.05, 4.69) is 4.74 Å². The fourth-order valence-electron chi connectivity index (χ4n) is 0.948. The van der Waals surface area contributed by atoms with Crippen molar-refractivity contribution in [3.63, 3.8) is 0 Å². The van der Waals surface area contributed by atoms with E-state index in [1.165, 1.54) is 0 Å². The van der Waals surface area contributed by atoms with Crippen LogP contribution in [0.3, 0.4) is 0 Å². The minimum Gasteiger partial charge on any atom is -0.487 e. The smallest absolute Gasteiger partial charge is 0.203 e. The molecule has 0 saturated heterocycles. The summed E-state index contributed by atoms with van der Waals surface area (Å²) < 4.78 is 56.3. The Morgan fingerprint density at radius 1 is 1.19 bits per heavy atom. The van der Waals surface area contributed by atoms with Gasteiger partial charge in [0.25, 0.3) is 0 Å². The average Bonchev–Trinajstić information content (AvgIpc) is 2.26. The van der Waals surface area contributed by atoms with Crippen LogP contribution in [-0.2, 0) is 0 Å². The van der Waals surface area contributed by atoms with Crippen molar-refractivity contribution >= 4 is 11.6 Å². The van der Waals surface area contributed by atoms with Crippen LogP contribution in [0.2, 0.25) is 0 Å². The Balaban J connectivity index is 2.94. The quantitative estimate of drug-likeness (QED) is 0.455. The first-order chi connectivity index (χ1) is 7.47. The lowest BCUT2D eigenvalue weighted by Gasteiger charge is -2.12. The van der Waals surface area contributed by atoms with E-state index in [9.17, 15) is 17.6 Å². The van der Waals surface area contributed by atoms with Gasteiger partial charge in [-0.1, -0.05) is 6.92 Å². The Bertz CT molecular complexity index is 357. The van der Waals surface area contributed by atoms with Gasteiger partial charge in [0, 0.05) is 17.9 Å². The topological polar surface area (TPSA) is 9.23 Å². The fraction of sp³-hybridized carbons (Fsp3) is 0.400. The molecule has 0 fully saturated rings. The summed E-state index contributed by atoms with van der Waals surface area (Å²) in [4.78, 5) is 0. The summed E-state index contributed by atoms with van der Waals surface area (Å²) in [6.07, 6.45) is 0. The van der Waals surface area contributed by atoms with Crippen LogP contribution < -0.4 is 4.74 Å². The van der Waals surface area contributed by atoms with Crippen LogP contribution in [0.25, 0.3) is 0 Å². The highest BCUT2D eigenvalue weighted by Crippen LogP contribution is 2.26. The van der Waals surface area contributed by atoms with Crippen LogP contribution >= 0.6 is 11.6 Å². The number of halogens is 5. The molecule has 0 heterocycles. The third-order valence-corrected chi connectivity index (χ3v) is 2.37. The van der Waals surface area contributed by atoms with E-state index in [1.54, 1.807) is 6.92 Å². The van der Waals surface area contributed by atoms with Gasteiger partial charge in [-0.2, -0.15) is 8.78 Å². The second-order valence-corrected chi connectivity index (χ2v) is 3.68. The number of ether oxygens (including phenoxy) is 1. The van der Waals surface area contributed by atoms with Crippen LogP contribution in [-0.4, -0.2) is 12.5 Å². The van der Waals surface area contributed by atoms with Gasteiger partial charge in [0.1, 0.15) is 0 Å². The second-order valence-electron chi connectivity index (χ2n) is 3.37. The SMILES string of the molecule is CC(CCl)COc1c(F)c(F)cc(F)c1F. The summed E-state index contributed by atoms with van der Waals surface area (Å²) in [6.45, 7) is 1.54. The normalized spacial score (nSPS) is 12.6. The molecule has 1 aromatic rings. The van der Waals surface area contributed by atoms with E-state index in [4.69, 9.17) is 11.6 Å². The van der Waals surface area contributed by atoms with E-state index in [1.807, 2.05) is 0 Å². The van der Waals surface area contributed by atoms with E-state index in [0.717, 1.165) is 0 Å². The predicted octanol–water partition coefficient (Wildman–Crippen LogP) is 3.50. The van der Waals surface area contributed by atoms with Crippen molar-refractivity contribution < 1.29 is 22.3 Å². The van der Waals surface area contributed by atoms with E-state index in [0.29, 0.717) is 0 Å². The molecule has 0 aliphatic heterocycles. The predicted molar refractivity (Wildman–Crippen MR) is 51.7 cm³/mol. The molecule has 0 bridgehead atoms. The molecule has 0 N–H and O–H groups in total. The van der Waals surface area contributed by atoms with Crippen molar-refractivity contribution in [2.24, 2.45) is 5.92 Å². The first-order valence-electron chi connectivity index (χ1n) is 4.49. The maximum Gasteiger partial charge on any atom is 0.203 e. The van der Waals surface area contributed by atoms with Gasteiger partial charge in [0.2, 0.25) is 11.6 Å². The number of benzene rings is 1. The Morgan fingerprint density at radius 3 is 2.12 bits per heavy atom. The maximum absolute atomic E-state index is 13.1. The highest BCUT2D eigenvalue weighted by atomic mass is 35.5.